The summed E-state index contributed by atoms with van der Waals surface area (Å²) in [4.78, 5) is 2.66. The van der Waals surface area contributed by atoms with Gasteiger partial charge in [0.2, 0.25) is 0 Å². The molecular formula is C12H19NS2. The Morgan fingerprint density at radius 1 is 1.33 bits per heavy atom. The molecule has 0 aromatic heterocycles. The number of thioether (sulfide) groups is 2. The van der Waals surface area contributed by atoms with Gasteiger partial charge in [-0.3, -0.25) is 0 Å². The van der Waals surface area contributed by atoms with E-state index in [0.717, 1.165) is 0 Å². The molecular weight excluding hydrogens is 222 g/mol. The maximum absolute atomic E-state index is 5.82. The second-order valence-electron chi connectivity index (χ2n) is 3.48. The minimum Gasteiger partial charge on any atom is -0.326 e. The van der Waals surface area contributed by atoms with Gasteiger partial charge in [0.05, 0.1) is 0 Å². The Kier molecular flexibility index (Phi) is 5.58. The SMILES string of the molecule is CCC(C)Sc1cccc(SC)c1CN. The van der Waals surface area contributed by atoms with Crippen molar-refractivity contribution in [3.63, 3.8) is 0 Å². The summed E-state index contributed by atoms with van der Waals surface area (Å²) in [5.74, 6) is 0. The lowest BCUT2D eigenvalue weighted by Crippen LogP contribution is -2.02. The number of nitrogens with two attached hydrogens (primary N) is 1. The molecule has 15 heavy (non-hydrogen) atoms. The lowest BCUT2D eigenvalue weighted by atomic mass is 10.2. The highest BCUT2D eigenvalue weighted by atomic mass is 32.2. The molecule has 2 N–H and O–H groups in total. The molecule has 0 radical (unpaired) electrons. The highest BCUT2D eigenvalue weighted by Gasteiger charge is 2.09. The van der Waals surface area contributed by atoms with Crippen LogP contribution in [0, 0.1) is 0 Å². The molecule has 1 nitrogen and oxygen atoms in total. The van der Waals surface area contributed by atoms with Crippen molar-refractivity contribution in [3.05, 3.63) is 23.8 Å². The van der Waals surface area contributed by atoms with E-state index in [1.807, 2.05) is 11.8 Å². The third kappa shape index (κ3) is 3.44. The first kappa shape index (κ1) is 12.9. The highest BCUT2D eigenvalue weighted by Crippen LogP contribution is 2.33. The summed E-state index contributed by atoms with van der Waals surface area (Å²) in [6.07, 6.45) is 3.30. The molecule has 1 rings (SSSR count). The van der Waals surface area contributed by atoms with Crippen LogP contribution in [-0.4, -0.2) is 11.5 Å². The van der Waals surface area contributed by atoms with E-state index >= 15 is 0 Å². The highest BCUT2D eigenvalue weighted by molar-refractivity contribution is 8.00. The van der Waals surface area contributed by atoms with Crippen LogP contribution in [-0.2, 0) is 6.54 Å². The third-order valence-corrected chi connectivity index (χ3v) is 4.61. The Balaban J connectivity index is 2.95. The zero-order chi connectivity index (χ0) is 11.3. The van der Waals surface area contributed by atoms with E-state index in [4.69, 9.17) is 5.73 Å². The van der Waals surface area contributed by atoms with Gasteiger partial charge in [0.15, 0.2) is 0 Å². The van der Waals surface area contributed by atoms with Gasteiger partial charge in [-0.15, -0.1) is 23.5 Å². The number of hydrogen-bond acceptors (Lipinski definition) is 3. The molecule has 0 saturated carbocycles. The average Bonchev–Trinajstić information content (AvgIpc) is 2.28. The summed E-state index contributed by atoms with van der Waals surface area (Å²) >= 11 is 3.71. The quantitative estimate of drug-likeness (QED) is 0.795. The topological polar surface area (TPSA) is 26.0 Å². The fourth-order valence-corrected chi connectivity index (χ4v) is 3.16. The minimum atomic E-state index is 0.635. The predicted molar refractivity (Wildman–Crippen MR) is 71.7 cm³/mol. The van der Waals surface area contributed by atoms with Crippen LogP contribution in [0.2, 0.25) is 0 Å². The first-order chi connectivity index (χ1) is 7.22. The third-order valence-electron chi connectivity index (χ3n) is 2.42. The normalized spacial score (nSPS) is 12.8. The Morgan fingerprint density at radius 2 is 2.00 bits per heavy atom. The Labute approximate surface area is 101 Å². The van der Waals surface area contributed by atoms with Gasteiger partial charge in [-0.25, -0.2) is 0 Å². The molecule has 0 amide bonds. The van der Waals surface area contributed by atoms with Crippen LogP contribution in [0.15, 0.2) is 28.0 Å². The molecule has 0 heterocycles. The Hall–Kier alpha value is -0.120. The van der Waals surface area contributed by atoms with Crippen molar-refractivity contribution in [1.82, 2.24) is 0 Å². The molecule has 1 unspecified atom stereocenters. The van der Waals surface area contributed by atoms with Crippen molar-refractivity contribution in [2.24, 2.45) is 5.73 Å². The van der Waals surface area contributed by atoms with Crippen LogP contribution in [0.1, 0.15) is 25.8 Å². The van der Waals surface area contributed by atoms with Crippen LogP contribution in [0.3, 0.4) is 0 Å². The van der Waals surface area contributed by atoms with Crippen LogP contribution < -0.4 is 5.73 Å². The molecule has 1 aromatic rings. The van der Waals surface area contributed by atoms with Crippen LogP contribution in [0.4, 0.5) is 0 Å². The second kappa shape index (κ2) is 6.46. The molecule has 0 bridgehead atoms. The van der Waals surface area contributed by atoms with E-state index in [2.05, 4.69) is 38.3 Å². The maximum atomic E-state index is 5.82. The summed E-state index contributed by atoms with van der Waals surface area (Å²) in [7, 11) is 0. The molecule has 84 valence electrons. The largest absolute Gasteiger partial charge is 0.326 e. The van der Waals surface area contributed by atoms with Gasteiger partial charge in [-0.05, 0) is 30.4 Å². The van der Waals surface area contributed by atoms with Gasteiger partial charge in [-0.2, -0.15) is 0 Å². The summed E-state index contributed by atoms with van der Waals surface area (Å²) in [5.41, 5.74) is 7.12. The van der Waals surface area contributed by atoms with Crippen LogP contribution in [0.25, 0.3) is 0 Å². The van der Waals surface area contributed by atoms with Crippen molar-refractivity contribution in [1.29, 1.82) is 0 Å². The second-order valence-corrected chi connectivity index (χ2v) is 5.81. The molecule has 0 aliphatic rings. The fraction of sp³-hybridized carbons (Fsp3) is 0.500. The standard InChI is InChI=1S/C12H19NS2/c1-4-9(2)15-12-7-5-6-11(14-3)10(12)8-13/h5-7,9H,4,8,13H2,1-3H3. The fourth-order valence-electron chi connectivity index (χ4n) is 1.35. The minimum absolute atomic E-state index is 0.635. The van der Waals surface area contributed by atoms with Gasteiger partial charge < -0.3 is 5.73 Å². The van der Waals surface area contributed by atoms with E-state index in [9.17, 15) is 0 Å². The first-order valence-corrected chi connectivity index (χ1v) is 7.36. The van der Waals surface area contributed by atoms with Crippen molar-refractivity contribution in [2.75, 3.05) is 6.26 Å². The zero-order valence-electron chi connectivity index (χ0n) is 9.62. The Bertz CT molecular complexity index is 312. The van der Waals surface area contributed by atoms with E-state index in [0.29, 0.717) is 11.8 Å². The van der Waals surface area contributed by atoms with Gasteiger partial charge in [0, 0.05) is 21.6 Å². The van der Waals surface area contributed by atoms with E-state index in [1.54, 1.807) is 11.8 Å². The van der Waals surface area contributed by atoms with Crippen molar-refractivity contribution >= 4 is 23.5 Å². The van der Waals surface area contributed by atoms with E-state index < -0.39 is 0 Å². The van der Waals surface area contributed by atoms with Gasteiger partial charge in [-0.1, -0.05) is 19.9 Å². The predicted octanol–water partition coefficient (Wildman–Crippen LogP) is 3.76. The summed E-state index contributed by atoms with van der Waals surface area (Å²) in [5, 5.41) is 0.660. The molecule has 0 fully saturated rings. The van der Waals surface area contributed by atoms with E-state index in [1.165, 1.54) is 21.8 Å². The zero-order valence-corrected chi connectivity index (χ0v) is 11.3. The summed E-state index contributed by atoms with van der Waals surface area (Å²) in [6.45, 7) is 5.12. The van der Waals surface area contributed by atoms with Crippen LogP contribution >= 0.6 is 23.5 Å². The average molecular weight is 241 g/mol. The number of rotatable bonds is 5. The van der Waals surface area contributed by atoms with E-state index in [-0.39, 0.29) is 0 Å². The summed E-state index contributed by atoms with van der Waals surface area (Å²) < 4.78 is 0. The maximum Gasteiger partial charge on any atom is 0.0200 e. The molecule has 0 spiro atoms. The van der Waals surface area contributed by atoms with Gasteiger partial charge in [0.1, 0.15) is 0 Å². The lowest BCUT2D eigenvalue weighted by molar-refractivity contribution is 0.899. The molecule has 0 aliphatic carbocycles. The van der Waals surface area contributed by atoms with Gasteiger partial charge in [0.25, 0.3) is 0 Å². The van der Waals surface area contributed by atoms with Crippen molar-refractivity contribution < 1.29 is 0 Å². The van der Waals surface area contributed by atoms with Crippen molar-refractivity contribution in [2.45, 2.75) is 41.9 Å². The lowest BCUT2D eigenvalue weighted by Gasteiger charge is -2.14. The summed E-state index contributed by atoms with van der Waals surface area (Å²) in [6, 6.07) is 6.45. The molecule has 1 aromatic carbocycles. The number of hydrogen-bond donors (Lipinski definition) is 1. The van der Waals surface area contributed by atoms with Crippen molar-refractivity contribution in [3.8, 4) is 0 Å². The van der Waals surface area contributed by atoms with Crippen LogP contribution in [0.5, 0.6) is 0 Å². The first-order valence-electron chi connectivity index (χ1n) is 5.25. The monoisotopic (exact) mass is 241 g/mol. The van der Waals surface area contributed by atoms with Gasteiger partial charge >= 0.3 is 0 Å². The number of benzene rings is 1. The molecule has 0 saturated heterocycles. The molecule has 0 aliphatic heterocycles. The molecule has 3 heteroatoms. The Morgan fingerprint density at radius 3 is 2.53 bits per heavy atom. The molecule has 1 atom stereocenters. The smallest absolute Gasteiger partial charge is 0.0200 e.